The molecule has 1 rings (SSSR count). The molecule has 1 aromatic carbocycles. The molecule has 0 bridgehead atoms. The van der Waals surface area contributed by atoms with Crippen LogP contribution in [-0.2, 0) is 14.8 Å². The van der Waals surface area contributed by atoms with E-state index in [1.165, 1.54) is 6.07 Å². The Hall–Kier alpha value is -1.02. The van der Waals surface area contributed by atoms with Crippen LogP contribution in [0.5, 0.6) is 5.75 Å². The number of hydrogen-bond donors (Lipinski definition) is 2. The molecule has 0 spiro atoms. The number of carbonyl (C=O) groups is 1. The topological polar surface area (TPSA) is 98.5 Å². The number of carbonyl (C=O) groups excluding carboxylic acids is 1. The molecule has 0 fully saturated rings. The predicted octanol–water partition coefficient (Wildman–Crippen LogP) is 1.93. The minimum atomic E-state index is -3.97. The number of sulfonamides is 1. The summed E-state index contributed by atoms with van der Waals surface area (Å²) in [5, 5.41) is 7.58. The van der Waals surface area contributed by atoms with Gasteiger partial charge in [-0.15, -0.1) is 0 Å². The number of rotatable bonds is 6. The normalized spacial score (nSPS) is 12.8. The van der Waals surface area contributed by atoms with Gasteiger partial charge in [-0.05, 0) is 19.4 Å². The lowest BCUT2D eigenvalue weighted by atomic mass is 10.2. The van der Waals surface area contributed by atoms with E-state index < -0.39 is 10.0 Å². The smallest absolute Gasteiger partial charge is 0.258 e. The minimum Gasteiger partial charge on any atom is -0.482 e. The summed E-state index contributed by atoms with van der Waals surface area (Å²) < 4.78 is 27.8. The van der Waals surface area contributed by atoms with E-state index in [9.17, 15) is 13.2 Å². The van der Waals surface area contributed by atoms with Gasteiger partial charge >= 0.3 is 0 Å². The van der Waals surface area contributed by atoms with Crippen molar-refractivity contribution in [1.29, 1.82) is 0 Å². The summed E-state index contributed by atoms with van der Waals surface area (Å²) in [6.07, 6.45) is 0.793. The second-order valence-corrected chi connectivity index (χ2v) is 6.77. The van der Waals surface area contributed by atoms with Gasteiger partial charge in [-0.2, -0.15) is 0 Å². The van der Waals surface area contributed by atoms with E-state index in [0.717, 1.165) is 12.5 Å². The average molecular weight is 355 g/mol. The molecule has 1 aromatic rings. The Bertz CT molecular complexity index is 634. The van der Waals surface area contributed by atoms with Gasteiger partial charge in [0, 0.05) is 12.1 Å². The summed E-state index contributed by atoms with van der Waals surface area (Å²) in [4.78, 5) is 11.3. The maximum absolute atomic E-state index is 11.6. The molecule has 0 aliphatic rings. The zero-order valence-electron chi connectivity index (χ0n) is 11.5. The van der Waals surface area contributed by atoms with Crippen molar-refractivity contribution in [3.8, 4) is 5.75 Å². The number of amides is 1. The molecule has 0 aliphatic carbocycles. The second-order valence-electron chi connectivity index (χ2n) is 4.42. The van der Waals surface area contributed by atoms with Crippen molar-refractivity contribution in [2.75, 3.05) is 6.61 Å². The van der Waals surface area contributed by atoms with Crippen molar-refractivity contribution in [3.05, 3.63) is 22.2 Å². The monoisotopic (exact) mass is 354 g/mol. The number of ether oxygens (including phenoxy) is 1. The lowest BCUT2D eigenvalue weighted by molar-refractivity contribution is -0.123. The summed E-state index contributed by atoms with van der Waals surface area (Å²) in [5.41, 5.74) is 0. The van der Waals surface area contributed by atoms with Crippen LogP contribution in [0.1, 0.15) is 20.3 Å². The van der Waals surface area contributed by atoms with Gasteiger partial charge in [0.05, 0.1) is 10.0 Å². The number of halogens is 2. The Morgan fingerprint density at radius 3 is 2.52 bits per heavy atom. The maximum Gasteiger partial charge on any atom is 0.258 e. The van der Waals surface area contributed by atoms with E-state index in [4.69, 9.17) is 33.1 Å². The van der Waals surface area contributed by atoms with Crippen molar-refractivity contribution in [3.63, 3.8) is 0 Å². The quantitative estimate of drug-likeness (QED) is 0.815. The molecule has 6 nitrogen and oxygen atoms in total. The molecule has 0 radical (unpaired) electrons. The van der Waals surface area contributed by atoms with Gasteiger partial charge < -0.3 is 10.1 Å². The third-order valence-corrected chi connectivity index (χ3v) is 4.34. The van der Waals surface area contributed by atoms with Gasteiger partial charge in [0.25, 0.3) is 5.91 Å². The number of nitrogens with two attached hydrogens (primary N) is 1. The summed E-state index contributed by atoms with van der Waals surface area (Å²) in [6.45, 7) is 3.55. The molecule has 0 aromatic heterocycles. The van der Waals surface area contributed by atoms with E-state index in [-0.39, 0.29) is 39.2 Å². The van der Waals surface area contributed by atoms with E-state index in [2.05, 4.69) is 5.32 Å². The highest BCUT2D eigenvalue weighted by Crippen LogP contribution is 2.33. The van der Waals surface area contributed by atoms with Crippen LogP contribution in [0.3, 0.4) is 0 Å². The zero-order valence-corrected chi connectivity index (χ0v) is 13.8. The van der Waals surface area contributed by atoms with Gasteiger partial charge in [-0.1, -0.05) is 30.1 Å². The standard InChI is InChI=1S/C12H16Cl2N2O4S/c1-3-7(2)16-12(17)6-20-10-4-9(14)11(5-8(10)13)21(15,18)19/h4-5,7H,3,6H2,1-2H3,(H,16,17)(H2,15,18,19). The van der Waals surface area contributed by atoms with Crippen LogP contribution >= 0.6 is 23.2 Å². The first kappa shape index (κ1) is 18.0. The van der Waals surface area contributed by atoms with Crippen molar-refractivity contribution in [2.45, 2.75) is 31.2 Å². The summed E-state index contributed by atoms with van der Waals surface area (Å²) >= 11 is 11.7. The lowest BCUT2D eigenvalue weighted by Crippen LogP contribution is -2.35. The molecule has 0 heterocycles. The van der Waals surface area contributed by atoms with Crippen LogP contribution < -0.4 is 15.2 Å². The molecule has 1 atom stereocenters. The van der Waals surface area contributed by atoms with Crippen LogP contribution in [0.4, 0.5) is 0 Å². The fourth-order valence-electron chi connectivity index (χ4n) is 1.40. The Balaban J connectivity index is 2.82. The molecule has 9 heteroatoms. The zero-order chi connectivity index (χ0) is 16.2. The van der Waals surface area contributed by atoms with Crippen molar-refractivity contribution in [2.24, 2.45) is 5.14 Å². The number of benzene rings is 1. The van der Waals surface area contributed by atoms with Gasteiger partial charge in [0.2, 0.25) is 10.0 Å². The SMILES string of the molecule is CCC(C)NC(=O)COc1cc(Cl)c(S(N)(=O)=O)cc1Cl. The highest BCUT2D eigenvalue weighted by Gasteiger charge is 2.17. The molecule has 0 saturated heterocycles. The molecule has 118 valence electrons. The van der Waals surface area contributed by atoms with Crippen molar-refractivity contribution >= 4 is 39.1 Å². The Labute approximate surface area is 133 Å². The van der Waals surface area contributed by atoms with E-state index in [1.807, 2.05) is 13.8 Å². The molecular weight excluding hydrogens is 339 g/mol. The largest absolute Gasteiger partial charge is 0.482 e. The van der Waals surface area contributed by atoms with Gasteiger partial charge in [0.15, 0.2) is 6.61 Å². The van der Waals surface area contributed by atoms with E-state index in [1.54, 1.807) is 0 Å². The first-order chi connectivity index (χ1) is 9.65. The minimum absolute atomic E-state index is 0.000218. The van der Waals surface area contributed by atoms with Crippen LogP contribution in [0.2, 0.25) is 10.0 Å². The molecule has 1 unspecified atom stereocenters. The highest BCUT2D eigenvalue weighted by atomic mass is 35.5. The highest BCUT2D eigenvalue weighted by molar-refractivity contribution is 7.89. The third kappa shape index (κ3) is 5.35. The van der Waals surface area contributed by atoms with Gasteiger partial charge in [0.1, 0.15) is 10.6 Å². The average Bonchev–Trinajstić information content (AvgIpc) is 2.37. The number of hydrogen-bond acceptors (Lipinski definition) is 4. The third-order valence-electron chi connectivity index (χ3n) is 2.67. The first-order valence-electron chi connectivity index (χ1n) is 6.09. The predicted molar refractivity (Wildman–Crippen MR) is 81.2 cm³/mol. The number of nitrogens with one attached hydrogen (secondary N) is 1. The van der Waals surface area contributed by atoms with Crippen LogP contribution in [0, 0.1) is 0 Å². The Kier molecular flexibility index (Phi) is 6.27. The molecule has 0 aliphatic heterocycles. The fourth-order valence-corrected chi connectivity index (χ4v) is 2.77. The fraction of sp³-hybridized carbons (Fsp3) is 0.417. The van der Waals surface area contributed by atoms with E-state index in [0.29, 0.717) is 0 Å². The first-order valence-corrected chi connectivity index (χ1v) is 8.39. The maximum atomic E-state index is 11.6. The van der Waals surface area contributed by atoms with Crippen LogP contribution in [0.15, 0.2) is 17.0 Å². The number of primary sulfonamides is 1. The Morgan fingerprint density at radius 2 is 2.00 bits per heavy atom. The molecular formula is C12H16Cl2N2O4S. The van der Waals surface area contributed by atoms with Crippen LogP contribution in [-0.4, -0.2) is 27.0 Å². The molecule has 21 heavy (non-hydrogen) atoms. The van der Waals surface area contributed by atoms with Gasteiger partial charge in [-0.3, -0.25) is 4.79 Å². The summed E-state index contributed by atoms with van der Waals surface area (Å²) in [6, 6.07) is 2.33. The Morgan fingerprint density at radius 1 is 1.38 bits per heavy atom. The lowest BCUT2D eigenvalue weighted by Gasteiger charge is -2.13. The molecule has 0 saturated carbocycles. The molecule has 1 amide bonds. The van der Waals surface area contributed by atoms with Gasteiger partial charge in [-0.25, -0.2) is 13.6 Å². The second kappa shape index (κ2) is 7.31. The van der Waals surface area contributed by atoms with E-state index >= 15 is 0 Å². The molecule has 3 N–H and O–H groups in total. The summed E-state index contributed by atoms with van der Waals surface area (Å²) in [7, 11) is -3.97. The van der Waals surface area contributed by atoms with Crippen LogP contribution in [0.25, 0.3) is 0 Å². The summed E-state index contributed by atoms with van der Waals surface area (Å²) in [5.74, 6) is -0.208. The van der Waals surface area contributed by atoms with Crippen molar-refractivity contribution < 1.29 is 17.9 Å². The van der Waals surface area contributed by atoms with Crippen molar-refractivity contribution in [1.82, 2.24) is 5.32 Å².